The summed E-state index contributed by atoms with van der Waals surface area (Å²) in [5.41, 5.74) is -0.376. The zero-order chi connectivity index (χ0) is 28.7. The van der Waals surface area contributed by atoms with Gasteiger partial charge < -0.3 is 5.11 Å². The van der Waals surface area contributed by atoms with Crippen LogP contribution in [0.1, 0.15) is 22.6 Å². The highest BCUT2D eigenvalue weighted by Gasteiger charge is 2.41. The Morgan fingerprint density at radius 2 is 1.69 bits per heavy atom. The SMILES string of the molecule is CN(Cc1ccc(C(F)(F)F)c(F)c1)C1CN(C(O)N2CCN(S(C)(=O)=O)CC2)CC1c1ccc(Cl)c(F)c1. The number of benzene rings is 2. The van der Waals surface area contributed by atoms with Gasteiger partial charge in [-0.2, -0.15) is 17.5 Å². The minimum Gasteiger partial charge on any atom is -0.365 e. The normalized spacial score (nSPS) is 23.0. The van der Waals surface area contributed by atoms with E-state index in [2.05, 4.69) is 0 Å². The van der Waals surface area contributed by atoms with Gasteiger partial charge in [-0.25, -0.2) is 17.2 Å². The Morgan fingerprint density at radius 3 is 2.26 bits per heavy atom. The van der Waals surface area contributed by atoms with Crippen LogP contribution in [0.4, 0.5) is 22.0 Å². The lowest BCUT2D eigenvalue weighted by Gasteiger charge is -2.39. The van der Waals surface area contributed by atoms with Gasteiger partial charge in [-0.3, -0.25) is 14.7 Å². The monoisotopic (exact) mass is 596 g/mol. The second kappa shape index (κ2) is 11.6. The first-order valence-electron chi connectivity index (χ1n) is 12.3. The molecule has 2 aromatic carbocycles. The molecule has 216 valence electrons. The fourth-order valence-corrected chi connectivity index (χ4v) is 6.26. The van der Waals surface area contributed by atoms with Crippen molar-refractivity contribution in [2.24, 2.45) is 0 Å². The van der Waals surface area contributed by atoms with Gasteiger partial charge in [-0.05, 0) is 42.4 Å². The average Bonchev–Trinajstić information content (AvgIpc) is 3.30. The van der Waals surface area contributed by atoms with Crippen molar-refractivity contribution in [3.8, 4) is 0 Å². The fourth-order valence-electron chi connectivity index (χ4n) is 5.31. The Balaban J connectivity index is 1.54. The molecule has 1 N–H and O–H groups in total. The number of likely N-dealkylation sites (N-methyl/N-ethyl adjacent to an activating group) is 1. The van der Waals surface area contributed by atoms with Crippen LogP contribution < -0.4 is 0 Å². The van der Waals surface area contributed by atoms with Gasteiger partial charge in [0.15, 0.2) is 6.35 Å². The van der Waals surface area contributed by atoms with Gasteiger partial charge in [-0.1, -0.05) is 23.7 Å². The van der Waals surface area contributed by atoms with Crippen molar-refractivity contribution >= 4 is 21.6 Å². The van der Waals surface area contributed by atoms with E-state index < -0.39 is 39.7 Å². The van der Waals surface area contributed by atoms with Crippen LogP contribution in [0.2, 0.25) is 5.02 Å². The summed E-state index contributed by atoms with van der Waals surface area (Å²) in [4.78, 5) is 5.39. The molecule has 7 nitrogen and oxygen atoms in total. The Bertz CT molecular complexity index is 1290. The Morgan fingerprint density at radius 1 is 1.03 bits per heavy atom. The van der Waals surface area contributed by atoms with Gasteiger partial charge in [-0.15, -0.1) is 0 Å². The maximum atomic E-state index is 14.4. The van der Waals surface area contributed by atoms with E-state index in [4.69, 9.17) is 11.6 Å². The van der Waals surface area contributed by atoms with Crippen molar-refractivity contribution in [1.29, 1.82) is 0 Å². The minimum absolute atomic E-state index is 0.0393. The average molecular weight is 597 g/mol. The summed E-state index contributed by atoms with van der Waals surface area (Å²) < 4.78 is 92.5. The van der Waals surface area contributed by atoms with Crippen LogP contribution in [0.5, 0.6) is 0 Å². The van der Waals surface area contributed by atoms with Gasteiger partial charge in [0.25, 0.3) is 0 Å². The lowest BCUT2D eigenvalue weighted by Crippen LogP contribution is -2.56. The van der Waals surface area contributed by atoms with Crippen molar-refractivity contribution in [3.63, 3.8) is 0 Å². The van der Waals surface area contributed by atoms with Crippen LogP contribution in [-0.4, -0.2) is 97.5 Å². The number of hydrogen-bond donors (Lipinski definition) is 1. The predicted molar refractivity (Wildman–Crippen MR) is 136 cm³/mol. The number of aliphatic hydroxyl groups is 1. The highest BCUT2D eigenvalue weighted by molar-refractivity contribution is 7.88. The summed E-state index contributed by atoms with van der Waals surface area (Å²) in [6, 6.07) is 6.94. The van der Waals surface area contributed by atoms with Gasteiger partial charge >= 0.3 is 6.18 Å². The molecular formula is C25H30ClF5N4O3S. The summed E-state index contributed by atoms with van der Waals surface area (Å²) >= 11 is 5.87. The van der Waals surface area contributed by atoms with Gasteiger partial charge in [0.2, 0.25) is 10.0 Å². The molecule has 2 aliphatic heterocycles. The third-order valence-corrected chi connectivity index (χ3v) is 9.03. The molecule has 3 atom stereocenters. The van der Waals surface area contributed by atoms with Crippen LogP contribution in [0.25, 0.3) is 0 Å². The van der Waals surface area contributed by atoms with Crippen molar-refractivity contribution in [3.05, 3.63) is 69.7 Å². The summed E-state index contributed by atoms with van der Waals surface area (Å²) in [6.45, 7) is 1.86. The van der Waals surface area contributed by atoms with E-state index in [9.17, 15) is 35.5 Å². The lowest BCUT2D eigenvalue weighted by molar-refractivity contribution is -0.140. The molecule has 0 amide bonds. The fraction of sp³-hybridized carbons (Fsp3) is 0.520. The first kappa shape index (κ1) is 30.1. The molecule has 2 heterocycles. The maximum absolute atomic E-state index is 14.4. The molecule has 0 spiro atoms. The van der Waals surface area contributed by atoms with E-state index in [1.807, 2.05) is 4.90 Å². The summed E-state index contributed by atoms with van der Waals surface area (Å²) in [5.74, 6) is -2.27. The van der Waals surface area contributed by atoms with E-state index in [1.54, 1.807) is 22.9 Å². The molecule has 0 aliphatic carbocycles. The number of aliphatic hydroxyl groups excluding tert-OH is 1. The summed E-state index contributed by atoms with van der Waals surface area (Å²) in [7, 11) is -1.60. The quantitative estimate of drug-likeness (QED) is 0.495. The molecule has 2 saturated heterocycles. The number of rotatable bonds is 7. The van der Waals surface area contributed by atoms with Crippen LogP contribution in [-0.2, 0) is 22.7 Å². The van der Waals surface area contributed by atoms with Crippen molar-refractivity contribution in [2.45, 2.75) is 31.0 Å². The number of sulfonamides is 1. The molecule has 2 aromatic rings. The first-order valence-corrected chi connectivity index (χ1v) is 14.5. The Labute approximate surface area is 229 Å². The van der Waals surface area contributed by atoms with Gasteiger partial charge in [0.05, 0.1) is 16.8 Å². The third-order valence-electron chi connectivity index (χ3n) is 7.42. The number of likely N-dealkylation sites (tertiary alicyclic amines) is 1. The molecule has 2 fully saturated rings. The summed E-state index contributed by atoms with van der Waals surface area (Å²) in [6.07, 6.45) is -4.70. The molecule has 0 bridgehead atoms. The molecule has 2 aliphatic rings. The number of halogens is 6. The molecule has 0 radical (unpaired) electrons. The van der Waals surface area contributed by atoms with Gasteiger partial charge in [0.1, 0.15) is 11.6 Å². The topological polar surface area (TPSA) is 67.3 Å². The standard InChI is InChI=1S/C25H30ClF5N4O3S/c1-32(13-16-3-5-19(21(27)11-16)25(29,30)31)23-15-34(14-18(23)17-4-6-20(26)22(28)12-17)24(36)33-7-9-35(10-8-33)39(2,37)38/h3-6,11-12,18,23-24,36H,7-10,13-15H2,1-2H3. The lowest BCUT2D eigenvalue weighted by atomic mass is 9.93. The minimum atomic E-state index is -4.80. The van der Waals surface area contributed by atoms with E-state index in [1.165, 1.54) is 22.5 Å². The second-order valence-corrected chi connectivity index (χ2v) is 12.5. The Hall–Kier alpha value is -1.87. The smallest absolute Gasteiger partial charge is 0.365 e. The Kier molecular flexibility index (Phi) is 8.91. The van der Waals surface area contributed by atoms with Crippen molar-refractivity contribution in [1.82, 2.24) is 19.0 Å². The van der Waals surface area contributed by atoms with E-state index >= 15 is 0 Å². The van der Waals surface area contributed by atoms with E-state index in [0.29, 0.717) is 43.4 Å². The number of alkyl halides is 3. The maximum Gasteiger partial charge on any atom is 0.419 e. The number of nitrogens with zero attached hydrogens (tertiary/aromatic N) is 4. The van der Waals surface area contributed by atoms with E-state index in [-0.39, 0.29) is 36.6 Å². The van der Waals surface area contributed by atoms with Crippen molar-refractivity contribution < 1.29 is 35.5 Å². The first-order chi connectivity index (χ1) is 18.1. The largest absolute Gasteiger partial charge is 0.419 e. The van der Waals surface area contributed by atoms with Crippen LogP contribution in [0.3, 0.4) is 0 Å². The van der Waals surface area contributed by atoms with Crippen LogP contribution in [0, 0.1) is 11.6 Å². The van der Waals surface area contributed by atoms with Crippen LogP contribution in [0.15, 0.2) is 36.4 Å². The molecule has 4 rings (SSSR count). The second-order valence-electron chi connectivity index (χ2n) is 10.1. The molecule has 39 heavy (non-hydrogen) atoms. The third kappa shape index (κ3) is 6.89. The van der Waals surface area contributed by atoms with Crippen molar-refractivity contribution in [2.75, 3.05) is 52.6 Å². The highest BCUT2D eigenvalue weighted by Crippen LogP contribution is 2.35. The molecule has 14 heteroatoms. The van der Waals surface area contributed by atoms with Gasteiger partial charge in [0, 0.05) is 57.8 Å². The van der Waals surface area contributed by atoms with Crippen LogP contribution >= 0.6 is 11.6 Å². The zero-order valence-electron chi connectivity index (χ0n) is 21.4. The van der Waals surface area contributed by atoms with E-state index in [0.717, 1.165) is 12.3 Å². The summed E-state index contributed by atoms with van der Waals surface area (Å²) in [5, 5.41) is 11.1. The molecule has 0 saturated carbocycles. The predicted octanol–water partition coefficient (Wildman–Crippen LogP) is 3.39. The molecular weight excluding hydrogens is 567 g/mol. The number of hydrogen-bond acceptors (Lipinski definition) is 6. The zero-order valence-corrected chi connectivity index (χ0v) is 22.9. The molecule has 0 aromatic heterocycles. The number of piperazine rings is 1. The highest BCUT2D eigenvalue weighted by atomic mass is 35.5. The molecule has 3 unspecified atom stereocenters.